The van der Waals surface area contributed by atoms with Gasteiger partial charge in [-0.15, -0.1) is 0 Å². The summed E-state index contributed by atoms with van der Waals surface area (Å²) in [5.41, 5.74) is 6.53. The van der Waals surface area contributed by atoms with E-state index in [0.29, 0.717) is 17.0 Å². The fourth-order valence-electron chi connectivity index (χ4n) is 3.11. The Hall–Kier alpha value is -1.85. The van der Waals surface area contributed by atoms with Crippen molar-refractivity contribution in [3.8, 4) is 0 Å². The maximum Gasteiger partial charge on any atom is 0.167 e. The molecule has 10 nitrogen and oxygen atoms in total. The molecule has 0 aromatic carbocycles. The number of nitrogens with zero attached hydrogens (tertiary/aromatic N) is 4. The summed E-state index contributed by atoms with van der Waals surface area (Å²) in [4.78, 5) is 12.8. The van der Waals surface area contributed by atoms with Gasteiger partial charge in [0, 0.05) is 6.54 Å². The van der Waals surface area contributed by atoms with Gasteiger partial charge >= 0.3 is 0 Å². The first-order chi connectivity index (χ1) is 12.7. The lowest BCUT2D eigenvalue weighted by Crippen LogP contribution is -2.33. The average molecular weight is 366 g/mol. The van der Waals surface area contributed by atoms with Crippen LogP contribution in [0.3, 0.4) is 0 Å². The summed E-state index contributed by atoms with van der Waals surface area (Å²) < 4.78 is 7.09. The molecule has 1 aliphatic heterocycles. The molecule has 1 saturated heterocycles. The first-order valence-electron chi connectivity index (χ1n) is 8.91. The number of anilines is 1. The Labute approximate surface area is 151 Å². The van der Waals surface area contributed by atoms with Crippen molar-refractivity contribution in [2.24, 2.45) is 5.73 Å². The van der Waals surface area contributed by atoms with Gasteiger partial charge in [0.15, 0.2) is 23.2 Å². The number of hydrogen-bond donors (Lipinski definition) is 5. The fraction of sp³-hybridized carbons (Fsp3) is 0.688. The largest absolute Gasteiger partial charge is 0.394 e. The van der Waals surface area contributed by atoms with Crippen LogP contribution >= 0.6 is 0 Å². The summed E-state index contributed by atoms with van der Waals surface area (Å²) in [6.07, 6.45) is 3.07. The van der Waals surface area contributed by atoms with Gasteiger partial charge < -0.3 is 31.1 Å². The third-order valence-corrected chi connectivity index (χ3v) is 4.57. The predicted octanol–water partition coefficient (Wildman–Crippen LogP) is -0.631. The van der Waals surface area contributed by atoms with Gasteiger partial charge in [-0.3, -0.25) is 4.57 Å². The van der Waals surface area contributed by atoms with Crippen molar-refractivity contribution in [2.75, 3.05) is 25.0 Å². The summed E-state index contributed by atoms with van der Waals surface area (Å²) in [6.45, 7) is 1.10. The molecule has 0 saturated carbocycles. The Bertz CT molecular complexity index is 711. The Kier molecular flexibility index (Phi) is 6.33. The molecule has 3 rings (SSSR count). The number of nitrogens with two attached hydrogens (primary N) is 1. The number of aliphatic hydroxyl groups is 3. The molecule has 4 atom stereocenters. The molecule has 2 aromatic heterocycles. The molecule has 144 valence electrons. The minimum absolute atomic E-state index is 0.382. The van der Waals surface area contributed by atoms with Crippen LogP contribution in [0.4, 0.5) is 5.82 Å². The van der Waals surface area contributed by atoms with E-state index < -0.39 is 24.5 Å². The normalized spacial score (nSPS) is 25.8. The van der Waals surface area contributed by atoms with Gasteiger partial charge in [-0.1, -0.05) is 12.8 Å². The van der Waals surface area contributed by atoms with E-state index in [4.69, 9.17) is 10.5 Å². The van der Waals surface area contributed by atoms with E-state index in [1.54, 1.807) is 4.57 Å². The number of hydrogen-bond acceptors (Lipinski definition) is 9. The lowest BCUT2D eigenvalue weighted by molar-refractivity contribution is -0.0511. The van der Waals surface area contributed by atoms with E-state index in [2.05, 4.69) is 20.3 Å². The van der Waals surface area contributed by atoms with Gasteiger partial charge in [0.05, 0.1) is 12.9 Å². The van der Waals surface area contributed by atoms with Crippen LogP contribution in [0, 0.1) is 0 Å². The highest BCUT2D eigenvalue weighted by atomic mass is 16.6. The highest BCUT2D eigenvalue weighted by Crippen LogP contribution is 2.32. The van der Waals surface area contributed by atoms with E-state index >= 15 is 0 Å². The molecule has 26 heavy (non-hydrogen) atoms. The van der Waals surface area contributed by atoms with Crippen LogP contribution in [0.25, 0.3) is 11.2 Å². The van der Waals surface area contributed by atoms with Crippen molar-refractivity contribution in [1.29, 1.82) is 0 Å². The zero-order valence-corrected chi connectivity index (χ0v) is 14.5. The Morgan fingerprint density at radius 1 is 1.12 bits per heavy atom. The second kappa shape index (κ2) is 8.69. The molecule has 3 heterocycles. The molecule has 6 N–H and O–H groups in total. The van der Waals surface area contributed by atoms with E-state index in [9.17, 15) is 15.3 Å². The summed E-state index contributed by atoms with van der Waals surface area (Å²) in [6, 6.07) is 0. The molecule has 1 aliphatic rings. The van der Waals surface area contributed by atoms with E-state index in [1.165, 1.54) is 12.7 Å². The third kappa shape index (κ3) is 3.79. The second-order valence-electron chi connectivity index (χ2n) is 6.40. The second-order valence-corrected chi connectivity index (χ2v) is 6.40. The standard InChI is InChI=1S/C16H26N6O4/c17-5-3-1-2-4-6-18-14-11-15(20-8-19-14)22(9-21-11)16-13(25)12(24)10(7-23)26-16/h8-10,12-13,16,23-25H,1-7,17H2,(H,18,19,20)/t10-,12?,13?,16-/m1/s1. The van der Waals surface area contributed by atoms with E-state index in [0.717, 1.165) is 38.8 Å². The van der Waals surface area contributed by atoms with Crippen LogP contribution in [0.2, 0.25) is 0 Å². The molecule has 0 amide bonds. The molecule has 0 aliphatic carbocycles. The van der Waals surface area contributed by atoms with E-state index in [-0.39, 0.29) is 6.61 Å². The number of rotatable bonds is 9. The Morgan fingerprint density at radius 3 is 2.65 bits per heavy atom. The van der Waals surface area contributed by atoms with E-state index in [1.807, 2.05) is 0 Å². The van der Waals surface area contributed by atoms with Gasteiger partial charge in [0.25, 0.3) is 0 Å². The number of aliphatic hydroxyl groups excluding tert-OH is 3. The molecule has 10 heteroatoms. The molecule has 0 bridgehead atoms. The van der Waals surface area contributed by atoms with Gasteiger partial charge in [0.2, 0.25) is 0 Å². The number of fused-ring (bicyclic) bond motifs is 1. The minimum Gasteiger partial charge on any atom is -0.394 e. The number of ether oxygens (including phenoxy) is 1. The smallest absolute Gasteiger partial charge is 0.167 e. The number of unbranched alkanes of at least 4 members (excludes halogenated alkanes) is 3. The monoisotopic (exact) mass is 366 g/mol. The van der Waals surface area contributed by atoms with Crippen LogP contribution in [0.5, 0.6) is 0 Å². The average Bonchev–Trinajstić information content (AvgIpc) is 3.20. The maximum absolute atomic E-state index is 10.2. The predicted molar refractivity (Wildman–Crippen MR) is 94.3 cm³/mol. The van der Waals surface area contributed by atoms with Crippen LogP contribution in [0.1, 0.15) is 31.9 Å². The minimum atomic E-state index is -1.18. The van der Waals surface area contributed by atoms with Crippen molar-refractivity contribution in [2.45, 2.75) is 50.2 Å². The van der Waals surface area contributed by atoms with Crippen molar-refractivity contribution in [1.82, 2.24) is 19.5 Å². The quantitative estimate of drug-likeness (QED) is 0.365. The summed E-state index contributed by atoms with van der Waals surface area (Å²) in [7, 11) is 0. The molecule has 1 fully saturated rings. The zero-order valence-electron chi connectivity index (χ0n) is 14.5. The van der Waals surface area contributed by atoms with Crippen LogP contribution in [0.15, 0.2) is 12.7 Å². The molecule has 0 spiro atoms. The molecule has 2 aromatic rings. The molecular weight excluding hydrogens is 340 g/mol. The summed E-state index contributed by atoms with van der Waals surface area (Å²) in [5, 5.41) is 32.6. The Morgan fingerprint density at radius 2 is 1.92 bits per heavy atom. The summed E-state index contributed by atoms with van der Waals surface area (Å²) >= 11 is 0. The van der Waals surface area contributed by atoms with Crippen molar-refractivity contribution < 1.29 is 20.1 Å². The van der Waals surface area contributed by atoms with Gasteiger partial charge in [0.1, 0.15) is 24.6 Å². The van der Waals surface area contributed by atoms with Crippen molar-refractivity contribution in [3.05, 3.63) is 12.7 Å². The molecular formula is C16H26N6O4. The lowest BCUT2D eigenvalue weighted by atomic mass is 10.1. The Balaban J connectivity index is 1.71. The van der Waals surface area contributed by atoms with Crippen molar-refractivity contribution >= 4 is 17.0 Å². The molecule has 0 radical (unpaired) electrons. The third-order valence-electron chi connectivity index (χ3n) is 4.57. The van der Waals surface area contributed by atoms with Gasteiger partial charge in [-0.05, 0) is 19.4 Å². The zero-order chi connectivity index (χ0) is 18.5. The SMILES string of the molecule is NCCCCCCNc1ncnc2c1ncn2[C@@H]1O[C@H](CO)C(O)C1O. The number of nitrogens with one attached hydrogen (secondary N) is 1. The highest BCUT2D eigenvalue weighted by molar-refractivity contribution is 5.82. The maximum atomic E-state index is 10.2. The number of aromatic nitrogens is 4. The van der Waals surface area contributed by atoms with Crippen LogP contribution < -0.4 is 11.1 Å². The first-order valence-corrected chi connectivity index (χ1v) is 8.91. The molecule has 2 unspecified atom stereocenters. The summed E-state index contributed by atoms with van der Waals surface area (Å²) in [5.74, 6) is 0.610. The van der Waals surface area contributed by atoms with Crippen molar-refractivity contribution in [3.63, 3.8) is 0 Å². The van der Waals surface area contributed by atoms with Gasteiger partial charge in [-0.2, -0.15) is 0 Å². The van der Waals surface area contributed by atoms with Crippen LogP contribution in [-0.4, -0.2) is 72.8 Å². The van der Waals surface area contributed by atoms with Crippen LogP contribution in [-0.2, 0) is 4.74 Å². The topological polar surface area (TPSA) is 152 Å². The number of imidazole rings is 1. The highest BCUT2D eigenvalue weighted by Gasteiger charge is 2.44. The fourth-order valence-corrected chi connectivity index (χ4v) is 3.11. The first kappa shape index (κ1) is 18.9. The lowest BCUT2D eigenvalue weighted by Gasteiger charge is -2.16. The van der Waals surface area contributed by atoms with Gasteiger partial charge in [-0.25, -0.2) is 15.0 Å².